The van der Waals surface area contributed by atoms with Crippen molar-refractivity contribution in [2.24, 2.45) is 5.92 Å². The molecule has 3 rings (SSSR count). The maximum absolute atomic E-state index is 12.4. The van der Waals surface area contributed by atoms with Crippen LogP contribution in [0.2, 0.25) is 0 Å². The van der Waals surface area contributed by atoms with Gasteiger partial charge in [-0.2, -0.15) is 4.98 Å². The first-order valence-corrected chi connectivity index (χ1v) is 9.21. The van der Waals surface area contributed by atoms with Gasteiger partial charge in [-0.1, -0.05) is 61.3 Å². The zero-order valence-corrected chi connectivity index (χ0v) is 15.3. The molecule has 25 heavy (non-hydrogen) atoms. The van der Waals surface area contributed by atoms with Gasteiger partial charge in [-0.3, -0.25) is 4.79 Å². The van der Waals surface area contributed by atoms with E-state index in [0.717, 1.165) is 12.0 Å². The molecule has 3 aromatic rings. The lowest BCUT2D eigenvalue weighted by molar-refractivity contribution is 0.0914. The summed E-state index contributed by atoms with van der Waals surface area (Å²) in [5.74, 6) is 1.04. The van der Waals surface area contributed by atoms with Crippen LogP contribution in [0.1, 0.15) is 47.4 Å². The Morgan fingerprint density at radius 3 is 2.68 bits per heavy atom. The summed E-state index contributed by atoms with van der Waals surface area (Å²) in [4.78, 5) is 17.6. The number of carbonyl (C=O) groups excluding carboxylic acids is 1. The number of thiophene rings is 1. The Balaban J connectivity index is 1.84. The highest BCUT2D eigenvalue weighted by Gasteiger charge is 2.27. The van der Waals surface area contributed by atoms with Crippen molar-refractivity contribution in [2.45, 2.75) is 33.2 Å². The smallest absolute Gasteiger partial charge is 0.262 e. The van der Waals surface area contributed by atoms with Gasteiger partial charge in [-0.05, 0) is 24.3 Å². The Kier molecular flexibility index (Phi) is 5.28. The normalized spacial score (nSPS) is 13.4. The summed E-state index contributed by atoms with van der Waals surface area (Å²) >= 11 is 1.41. The van der Waals surface area contributed by atoms with E-state index in [1.54, 1.807) is 6.07 Å². The molecule has 2 atom stereocenters. The summed E-state index contributed by atoms with van der Waals surface area (Å²) in [5, 5.41) is 9.01. The number of hydrogen-bond donors (Lipinski definition) is 1. The van der Waals surface area contributed by atoms with Crippen LogP contribution in [0.15, 0.2) is 46.3 Å². The van der Waals surface area contributed by atoms with E-state index in [4.69, 9.17) is 4.52 Å². The zero-order chi connectivity index (χ0) is 17.8. The molecular formula is C19H21N3O2S. The molecule has 0 aliphatic carbocycles. The molecule has 1 N–H and O–H groups in total. The second kappa shape index (κ2) is 7.61. The molecule has 6 heteroatoms. The van der Waals surface area contributed by atoms with Crippen molar-refractivity contribution in [1.29, 1.82) is 0 Å². The topological polar surface area (TPSA) is 68.0 Å². The third-order valence-corrected chi connectivity index (χ3v) is 5.13. The zero-order valence-electron chi connectivity index (χ0n) is 14.5. The molecule has 0 aliphatic rings. The first-order valence-electron chi connectivity index (χ1n) is 8.33. The molecule has 0 unspecified atom stereocenters. The monoisotopic (exact) mass is 355 g/mol. The van der Waals surface area contributed by atoms with E-state index in [0.29, 0.717) is 16.6 Å². The lowest BCUT2D eigenvalue weighted by Crippen LogP contribution is -2.32. The quantitative estimate of drug-likeness (QED) is 0.700. The summed E-state index contributed by atoms with van der Waals surface area (Å²) in [5.41, 5.74) is 2.07. The largest absolute Gasteiger partial charge is 0.339 e. The van der Waals surface area contributed by atoms with Gasteiger partial charge in [-0.25, -0.2) is 0 Å². The highest BCUT2D eigenvalue weighted by molar-refractivity contribution is 7.12. The lowest BCUT2D eigenvalue weighted by Gasteiger charge is -2.20. The minimum atomic E-state index is -0.314. The Hall–Kier alpha value is -2.47. The molecule has 130 valence electrons. The van der Waals surface area contributed by atoms with Gasteiger partial charge in [0.15, 0.2) is 0 Å². The summed E-state index contributed by atoms with van der Waals surface area (Å²) in [6.45, 7) is 6.17. The van der Waals surface area contributed by atoms with Crippen LogP contribution in [-0.2, 0) is 0 Å². The number of rotatable bonds is 6. The molecule has 5 nitrogen and oxygen atoms in total. The van der Waals surface area contributed by atoms with Crippen LogP contribution in [0.5, 0.6) is 0 Å². The van der Waals surface area contributed by atoms with Gasteiger partial charge in [0, 0.05) is 5.56 Å². The van der Waals surface area contributed by atoms with Crippen molar-refractivity contribution >= 4 is 17.2 Å². The number of aryl methyl sites for hydroxylation is 1. The first-order chi connectivity index (χ1) is 12.1. The molecule has 0 fully saturated rings. The average molecular weight is 355 g/mol. The van der Waals surface area contributed by atoms with Crippen molar-refractivity contribution in [3.05, 3.63) is 58.1 Å². The summed E-state index contributed by atoms with van der Waals surface area (Å²) in [7, 11) is 0. The molecule has 1 amide bonds. The molecule has 0 saturated heterocycles. The molecule has 0 radical (unpaired) electrons. The van der Waals surface area contributed by atoms with Crippen LogP contribution >= 0.6 is 11.3 Å². The summed E-state index contributed by atoms with van der Waals surface area (Å²) < 4.78 is 5.48. The molecule has 0 bridgehead atoms. The molecule has 2 aromatic heterocycles. The summed E-state index contributed by atoms with van der Waals surface area (Å²) in [6.07, 6.45) is 0.887. The van der Waals surface area contributed by atoms with Crippen molar-refractivity contribution in [2.75, 3.05) is 0 Å². The van der Waals surface area contributed by atoms with Crippen LogP contribution < -0.4 is 5.32 Å². The Labute approximate surface area is 151 Å². The summed E-state index contributed by atoms with van der Waals surface area (Å²) in [6, 6.07) is 11.3. The number of benzene rings is 1. The number of nitrogens with one attached hydrogen (secondary N) is 1. The highest BCUT2D eigenvalue weighted by atomic mass is 32.1. The minimum absolute atomic E-state index is 0.115. The third-order valence-electron chi connectivity index (χ3n) is 4.26. The fourth-order valence-electron chi connectivity index (χ4n) is 2.48. The van der Waals surface area contributed by atoms with Crippen LogP contribution in [0.4, 0.5) is 0 Å². The Morgan fingerprint density at radius 1 is 1.28 bits per heavy atom. The van der Waals surface area contributed by atoms with Gasteiger partial charge in [-0.15, -0.1) is 11.3 Å². The van der Waals surface area contributed by atoms with Gasteiger partial charge in [0.1, 0.15) is 6.04 Å². The van der Waals surface area contributed by atoms with Crippen molar-refractivity contribution < 1.29 is 9.32 Å². The van der Waals surface area contributed by atoms with E-state index < -0.39 is 0 Å². The first kappa shape index (κ1) is 17.4. The van der Waals surface area contributed by atoms with Gasteiger partial charge < -0.3 is 9.84 Å². The number of amides is 1. The van der Waals surface area contributed by atoms with Gasteiger partial charge in [0.25, 0.3) is 5.91 Å². The van der Waals surface area contributed by atoms with Crippen LogP contribution in [0.25, 0.3) is 11.4 Å². The predicted octanol–water partition coefficient (Wildman–Crippen LogP) is 4.62. The Morgan fingerprint density at radius 2 is 2.04 bits per heavy atom. The number of carbonyl (C=O) groups is 1. The maximum atomic E-state index is 12.4. The van der Waals surface area contributed by atoms with Gasteiger partial charge in [0.2, 0.25) is 11.7 Å². The van der Waals surface area contributed by atoms with E-state index in [2.05, 4.69) is 29.3 Å². The van der Waals surface area contributed by atoms with Crippen LogP contribution in [-0.4, -0.2) is 16.0 Å². The molecule has 0 aliphatic heterocycles. The Bertz CT molecular complexity index is 825. The SMILES string of the molecule is CC[C@H](C)[C@@H](NC(=O)c1cccs1)c1nc(-c2ccc(C)cc2)no1. The molecule has 0 saturated carbocycles. The second-order valence-corrected chi connectivity index (χ2v) is 7.08. The van der Waals surface area contributed by atoms with Gasteiger partial charge in [0.05, 0.1) is 4.88 Å². The fraction of sp³-hybridized carbons (Fsp3) is 0.316. The predicted molar refractivity (Wildman–Crippen MR) is 98.5 cm³/mol. The van der Waals surface area contributed by atoms with Crippen LogP contribution in [0, 0.1) is 12.8 Å². The third kappa shape index (κ3) is 3.96. The van der Waals surface area contributed by atoms with Crippen LogP contribution in [0.3, 0.4) is 0 Å². The molecular weight excluding hydrogens is 334 g/mol. The lowest BCUT2D eigenvalue weighted by atomic mass is 9.99. The van der Waals surface area contributed by atoms with E-state index in [1.807, 2.05) is 42.6 Å². The molecule has 1 aromatic carbocycles. The number of aromatic nitrogens is 2. The van der Waals surface area contributed by atoms with Gasteiger partial charge >= 0.3 is 0 Å². The standard InChI is InChI=1S/C19H21N3O2S/c1-4-13(3)16(20-18(23)15-6-5-11-25-15)19-21-17(22-24-19)14-9-7-12(2)8-10-14/h5-11,13,16H,4H2,1-3H3,(H,20,23)/t13-,16+/m0/s1. The van der Waals surface area contributed by atoms with E-state index in [9.17, 15) is 4.79 Å². The average Bonchev–Trinajstić information content (AvgIpc) is 3.31. The maximum Gasteiger partial charge on any atom is 0.262 e. The molecule has 0 spiro atoms. The van der Waals surface area contributed by atoms with Crippen molar-refractivity contribution in [3.8, 4) is 11.4 Å². The van der Waals surface area contributed by atoms with E-state index in [1.165, 1.54) is 16.9 Å². The fourth-order valence-corrected chi connectivity index (χ4v) is 3.11. The molecule has 2 heterocycles. The minimum Gasteiger partial charge on any atom is -0.339 e. The van der Waals surface area contributed by atoms with E-state index >= 15 is 0 Å². The van der Waals surface area contributed by atoms with Crippen molar-refractivity contribution in [3.63, 3.8) is 0 Å². The second-order valence-electron chi connectivity index (χ2n) is 6.14. The highest BCUT2D eigenvalue weighted by Crippen LogP contribution is 2.26. The van der Waals surface area contributed by atoms with Crippen molar-refractivity contribution in [1.82, 2.24) is 15.5 Å². The number of hydrogen-bond acceptors (Lipinski definition) is 5. The number of nitrogens with zero attached hydrogens (tertiary/aromatic N) is 2. The van der Waals surface area contributed by atoms with E-state index in [-0.39, 0.29) is 17.9 Å².